The molecule has 17 heavy (non-hydrogen) atoms. The maximum atomic E-state index is 13.0. The van der Waals surface area contributed by atoms with Crippen molar-refractivity contribution in [3.8, 4) is 0 Å². The number of carbonyl (C=O) groups excluding carboxylic acids is 1. The van der Waals surface area contributed by atoms with Crippen molar-refractivity contribution in [2.75, 3.05) is 5.73 Å². The summed E-state index contributed by atoms with van der Waals surface area (Å²) in [6.07, 6.45) is 2.46. The summed E-state index contributed by atoms with van der Waals surface area (Å²) in [5.74, 6) is -1.07. The number of nitrogen functional groups attached to an aromatic ring is 1. The van der Waals surface area contributed by atoms with E-state index in [0.29, 0.717) is 5.56 Å². The van der Waals surface area contributed by atoms with E-state index < -0.39 is 11.8 Å². The van der Waals surface area contributed by atoms with Gasteiger partial charge in [-0.2, -0.15) is 0 Å². The molecule has 1 aromatic rings. The van der Waals surface area contributed by atoms with Crippen molar-refractivity contribution in [1.29, 1.82) is 0 Å². The molecule has 0 amide bonds. The minimum Gasteiger partial charge on any atom is -0.460 e. The third-order valence-corrected chi connectivity index (χ3v) is 2.19. The zero-order chi connectivity index (χ0) is 13.0. The molecular weight excluding hydrogens is 245 g/mol. The van der Waals surface area contributed by atoms with E-state index in [1.54, 1.807) is 13.8 Å². The van der Waals surface area contributed by atoms with Gasteiger partial charge < -0.3 is 10.5 Å². The number of carbonyl (C=O) groups is 1. The van der Waals surface area contributed by atoms with Crippen LogP contribution in [0.4, 0.5) is 10.1 Å². The number of ether oxygens (including phenoxy) is 1. The number of rotatable bonds is 3. The molecule has 0 saturated heterocycles. The summed E-state index contributed by atoms with van der Waals surface area (Å²) in [5.41, 5.74) is 5.84. The number of hydrogen-bond acceptors (Lipinski definition) is 3. The van der Waals surface area contributed by atoms with Gasteiger partial charge in [0.25, 0.3) is 0 Å². The highest BCUT2D eigenvalue weighted by molar-refractivity contribution is 6.32. The number of esters is 1. The molecule has 0 atom stereocenters. The smallest absolute Gasteiger partial charge is 0.331 e. The van der Waals surface area contributed by atoms with Crippen LogP contribution < -0.4 is 5.73 Å². The SMILES string of the molecule is CC(C)OC(=O)C=Cc1cc(N)c(F)cc1Cl. The highest BCUT2D eigenvalue weighted by atomic mass is 35.5. The van der Waals surface area contributed by atoms with Crippen LogP contribution in [-0.4, -0.2) is 12.1 Å². The Kier molecular flexibility index (Phi) is 4.52. The van der Waals surface area contributed by atoms with Crippen LogP contribution in [0.5, 0.6) is 0 Å². The quantitative estimate of drug-likeness (QED) is 0.514. The van der Waals surface area contributed by atoms with Crippen LogP contribution in [0.25, 0.3) is 6.08 Å². The first-order valence-electron chi connectivity index (χ1n) is 5.03. The van der Waals surface area contributed by atoms with Crippen molar-refractivity contribution in [3.05, 3.63) is 34.6 Å². The van der Waals surface area contributed by atoms with E-state index in [4.69, 9.17) is 22.1 Å². The van der Waals surface area contributed by atoms with Gasteiger partial charge in [-0.25, -0.2) is 9.18 Å². The van der Waals surface area contributed by atoms with Gasteiger partial charge in [0.2, 0.25) is 0 Å². The second-order valence-corrected chi connectivity index (χ2v) is 4.12. The summed E-state index contributed by atoms with van der Waals surface area (Å²) in [5, 5.41) is 0.185. The molecule has 1 aromatic carbocycles. The molecule has 0 saturated carbocycles. The van der Waals surface area contributed by atoms with Crippen LogP contribution >= 0.6 is 11.6 Å². The molecule has 3 nitrogen and oxygen atoms in total. The highest BCUT2D eigenvalue weighted by Gasteiger charge is 2.05. The molecule has 0 bridgehead atoms. The zero-order valence-corrected chi connectivity index (χ0v) is 10.3. The maximum Gasteiger partial charge on any atom is 0.331 e. The lowest BCUT2D eigenvalue weighted by atomic mass is 10.2. The number of nitrogens with two attached hydrogens (primary N) is 1. The van der Waals surface area contributed by atoms with Crippen molar-refractivity contribution < 1.29 is 13.9 Å². The Morgan fingerprint density at radius 3 is 2.76 bits per heavy atom. The number of halogens is 2. The van der Waals surface area contributed by atoms with Gasteiger partial charge in [0, 0.05) is 6.08 Å². The molecule has 0 aliphatic carbocycles. The molecule has 2 N–H and O–H groups in total. The summed E-state index contributed by atoms with van der Waals surface area (Å²) in [7, 11) is 0. The Balaban J connectivity index is 2.85. The van der Waals surface area contributed by atoms with E-state index >= 15 is 0 Å². The van der Waals surface area contributed by atoms with E-state index in [0.717, 1.165) is 6.07 Å². The van der Waals surface area contributed by atoms with Gasteiger partial charge in [0.1, 0.15) is 5.82 Å². The van der Waals surface area contributed by atoms with Crippen LogP contribution in [0.3, 0.4) is 0 Å². The molecule has 0 spiro atoms. The normalized spacial score (nSPS) is 11.1. The lowest BCUT2D eigenvalue weighted by Crippen LogP contribution is -2.08. The second kappa shape index (κ2) is 5.68. The first-order valence-corrected chi connectivity index (χ1v) is 5.41. The molecule has 1 rings (SSSR count). The summed E-state index contributed by atoms with van der Waals surface area (Å²) in [6.45, 7) is 3.49. The van der Waals surface area contributed by atoms with Crippen molar-refractivity contribution in [1.82, 2.24) is 0 Å². The minimum absolute atomic E-state index is 0.0220. The zero-order valence-electron chi connectivity index (χ0n) is 9.54. The molecule has 0 unspecified atom stereocenters. The lowest BCUT2D eigenvalue weighted by molar-refractivity contribution is -0.141. The Hall–Kier alpha value is -1.55. The minimum atomic E-state index is -0.586. The number of hydrogen-bond donors (Lipinski definition) is 1. The Morgan fingerprint density at radius 1 is 1.53 bits per heavy atom. The molecule has 0 aromatic heterocycles. The van der Waals surface area contributed by atoms with Gasteiger partial charge in [-0.3, -0.25) is 0 Å². The molecule has 92 valence electrons. The predicted octanol–water partition coefficient (Wildman–Crippen LogP) is 3.03. The summed E-state index contributed by atoms with van der Waals surface area (Å²) in [4.78, 5) is 11.2. The molecule has 0 aliphatic rings. The van der Waals surface area contributed by atoms with Gasteiger partial charge in [-0.15, -0.1) is 0 Å². The van der Waals surface area contributed by atoms with Crippen molar-refractivity contribution in [3.63, 3.8) is 0 Å². The Bertz CT molecular complexity index is 458. The number of anilines is 1. The lowest BCUT2D eigenvalue weighted by Gasteiger charge is -2.05. The van der Waals surface area contributed by atoms with Gasteiger partial charge in [0.15, 0.2) is 0 Å². The van der Waals surface area contributed by atoms with Gasteiger partial charge in [-0.05, 0) is 37.6 Å². The highest BCUT2D eigenvalue weighted by Crippen LogP contribution is 2.23. The van der Waals surface area contributed by atoms with E-state index in [2.05, 4.69) is 0 Å². The average Bonchev–Trinajstić information content (AvgIpc) is 2.20. The topological polar surface area (TPSA) is 52.3 Å². The first-order chi connectivity index (χ1) is 7.90. The summed E-state index contributed by atoms with van der Waals surface area (Å²) < 4.78 is 17.9. The molecular formula is C12H13ClFNO2. The Labute approximate surface area is 104 Å². The van der Waals surface area contributed by atoms with Crippen molar-refractivity contribution >= 4 is 29.3 Å². The first kappa shape index (κ1) is 13.5. The predicted molar refractivity (Wildman–Crippen MR) is 66.1 cm³/mol. The molecule has 5 heteroatoms. The fourth-order valence-corrected chi connectivity index (χ4v) is 1.35. The summed E-state index contributed by atoms with van der Waals surface area (Å²) >= 11 is 5.79. The standard InChI is InChI=1S/C12H13ClFNO2/c1-7(2)17-12(16)4-3-8-5-11(15)10(14)6-9(8)13/h3-7H,15H2,1-2H3. The van der Waals surface area contributed by atoms with Crippen LogP contribution in [-0.2, 0) is 9.53 Å². The van der Waals surface area contributed by atoms with Crippen molar-refractivity contribution in [2.24, 2.45) is 0 Å². The van der Waals surface area contributed by atoms with E-state index in [-0.39, 0.29) is 16.8 Å². The third kappa shape index (κ3) is 4.07. The fourth-order valence-electron chi connectivity index (χ4n) is 1.14. The average molecular weight is 258 g/mol. The largest absolute Gasteiger partial charge is 0.460 e. The molecule has 0 aliphatic heterocycles. The van der Waals surface area contributed by atoms with Crippen LogP contribution in [0.1, 0.15) is 19.4 Å². The third-order valence-electron chi connectivity index (χ3n) is 1.87. The number of benzene rings is 1. The molecule has 0 fully saturated rings. The van der Waals surface area contributed by atoms with E-state index in [1.807, 2.05) is 0 Å². The van der Waals surface area contributed by atoms with Crippen LogP contribution in [0.15, 0.2) is 18.2 Å². The summed E-state index contributed by atoms with van der Waals surface area (Å²) in [6, 6.07) is 2.46. The second-order valence-electron chi connectivity index (χ2n) is 3.71. The van der Waals surface area contributed by atoms with Gasteiger partial charge in [-0.1, -0.05) is 11.6 Å². The van der Waals surface area contributed by atoms with Gasteiger partial charge in [0.05, 0.1) is 16.8 Å². The van der Waals surface area contributed by atoms with E-state index in [1.165, 1.54) is 18.2 Å². The van der Waals surface area contributed by atoms with Crippen LogP contribution in [0.2, 0.25) is 5.02 Å². The Morgan fingerprint density at radius 2 is 2.18 bits per heavy atom. The van der Waals surface area contributed by atoms with Gasteiger partial charge >= 0.3 is 5.97 Å². The van der Waals surface area contributed by atoms with Crippen LogP contribution in [0, 0.1) is 5.82 Å². The maximum absolute atomic E-state index is 13.0. The molecule has 0 radical (unpaired) electrons. The van der Waals surface area contributed by atoms with E-state index in [9.17, 15) is 9.18 Å². The fraction of sp³-hybridized carbons (Fsp3) is 0.250. The molecule has 0 heterocycles. The van der Waals surface area contributed by atoms with Crippen molar-refractivity contribution in [2.45, 2.75) is 20.0 Å². The monoisotopic (exact) mass is 257 g/mol.